The van der Waals surface area contributed by atoms with Gasteiger partial charge in [0, 0.05) is 22.6 Å². The maximum absolute atomic E-state index is 9.54. The fraction of sp³-hybridized carbons (Fsp3) is 0.150. The van der Waals surface area contributed by atoms with Gasteiger partial charge in [-0.3, -0.25) is 4.68 Å². The molecule has 0 amide bonds. The normalized spacial score (nSPS) is 11.5. The second kappa shape index (κ2) is 5.57. The summed E-state index contributed by atoms with van der Waals surface area (Å²) in [5.41, 5.74) is 3.98. The molecule has 2 aromatic heterocycles. The van der Waals surface area contributed by atoms with Crippen LogP contribution in [0.3, 0.4) is 0 Å². The van der Waals surface area contributed by atoms with Crippen molar-refractivity contribution in [2.45, 2.75) is 19.9 Å². The molecule has 1 N–H and O–H groups in total. The molecule has 4 aromatic rings. The summed E-state index contributed by atoms with van der Waals surface area (Å²) >= 11 is 0. The lowest BCUT2D eigenvalue weighted by Gasteiger charge is -2.09. The largest absolute Gasteiger partial charge is 0.508 e. The maximum Gasteiger partial charge on any atom is 0.136 e. The van der Waals surface area contributed by atoms with Crippen molar-refractivity contribution in [2.24, 2.45) is 0 Å². The molecule has 0 aliphatic rings. The zero-order chi connectivity index (χ0) is 16.7. The number of aromatic hydroxyl groups is 1. The van der Waals surface area contributed by atoms with Gasteiger partial charge in [0.2, 0.25) is 0 Å². The van der Waals surface area contributed by atoms with E-state index in [2.05, 4.69) is 26.0 Å². The Morgan fingerprint density at radius 3 is 2.46 bits per heavy atom. The Morgan fingerprint density at radius 2 is 1.79 bits per heavy atom. The van der Waals surface area contributed by atoms with E-state index in [4.69, 9.17) is 9.52 Å². The average molecular weight is 318 g/mol. The predicted octanol–water partition coefficient (Wildman–Crippen LogP) is 5.25. The average Bonchev–Trinajstić information content (AvgIpc) is 3.23. The van der Waals surface area contributed by atoms with Crippen molar-refractivity contribution in [1.29, 1.82) is 0 Å². The first-order valence-electron chi connectivity index (χ1n) is 7.99. The summed E-state index contributed by atoms with van der Waals surface area (Å²) in [5.74, 6) is 1.09. The van der Waals surface area contributed by atoms with Crippen LogP contribution in [0.1, 0.15) is 19.9 Å². The highest BCUT2D eigenvalue weighted by molar-refractivity contribution is 6.01. The number of fused-ring (bicyclic) bond motifs is 1. The van der Waals surface area contributed by atoms with E-state index in [1.165, 1.54) is 0 Å². The van der Waals surface area contributed by atoms with Gasteiger partial charge < -0.3 is 9.52 Å². The first-order valence-corrected chi connectivity index (χ1v) is 7.99. The van der Waals surface area contributed by atoms with E-state index in [-0.39, 0.29) is 11.8 Å². The van der Waals surface area contributed by atoms with Crippen molar-refractivity contribution in [1.82, 2.24) is 9.78 Å². The molecule has 24 heavy (non-hydrogen) atoms. The predicted molar refractivity (Wildman–Crippen MR) is 94.9 cm³/mol. The number of phenolic OH excluding ortho intramolecular Hbond substituents is 1. The summed E-state index contributed by atoms with van der Waals surface area (Å²) in [6, 6.07) is 17.4. The molecule has 0 atom stereocenters. The minimum atomic E-state index is 0.217. The monoisotopic (exact) mass is 318 g/mol. The Morgan fingerprint density at radius 1 is 1.00 bits per heavy atom. The number of aromatic nitrogens is 2. The lowest BCUT2D eigenvalue weighted by atomic mass is 10.0. The molecule has 0 bridgehead atoms. The van der Waals surface area contributed by atoms with Crippen molar-refractivity contribution in [2.75, 3.05) is 0 Å². The van der Waals surface area contributed by atoms with Crippen LogP contribution in [0, 0.1) is 0 Å². The van der Waals surface area contributed by atoms with E-state index in [9.17, 15) is 5.11 Å². The third-order valence-electron chi connectivity index (χ3n) is 4.14. The standard InChI is InChI=1S/C20H18N2O2/c1-13(2)22-20-16(18-7-4-12-24-18)5-3-6-17(20)19(21-22)14-8-10-15(23)11-9-14/h3-13,23H,1-2H3. The van der Waals surface area contributed by atoms with Crippen LogP contribution in [0.15, 0.2) is 65.3 Å². The van der Waals surface area contributed by atoms with Crippen LogP contribution in [0.5, 0.6) is 5.75 Å². The maximum atomic E-state index is 9.54. The third kappa shape index (κ3) is 2.27. The number of nitrogens with zero attached hydrogens (tertiary/aromatic N) is 2. The van der Waals surface area contributed by atoms with Gasteiger partial charge in [0.05, 0.1) is 11.8 Å². The van der Waals surface area contributed by atoms with Crippen LogP contribution < -0.4 is 0 Å². The lowest BCUT2D eigenvalue weighted by Crippen LogP contribution is -2.03. The molecule has 0 saturated heterocycles. The van der Waals surface area contributed by atoms with Crippen LogP contribution in [0.25, 0.3) is 33.5 Å². The Hall–Kier alpha value is -3.01. The van der Waals surface area contributed by atoms with E-state index >= 15 is 0 Å². The second-order valence-corrected chi connectivity index (χ2v) is 6.11. The van der Waals surface area contributed by atoms with Gasteiger partial charge in [0.1, 0.15) is 17.2 Å². The Labute approximate surface area is 140 Å². The fourth-order valence-corrected chi connectivity index (χ4v) is 3.03. The number of phenols is 1. The van der Waals surface area contributed by atoms with Crippen molar-refractivity contribution < 1.29 is 9.52 Å². The Kier molecular flexibility index (Phi) is 3.38. The smallest absolute Gasteiger partial charge is 0.136 e. The van der Waals surface area contributed by atoms with E-state index in [0.717, 1.165) is 33.5 Å². The van der Waals surface area contributed by atoms with Gasteiger partial charge in [-0.25, -0.2) is 0 Å². The summed E-state index contributed by atoms with van der Waals surface area (Å²) in [7, 11) is 0. The summed E-state index contributed by atoms with van der Waals surface area (Å²) < 4.78 is 7.66. The molecule has 0 unspecified atom stereocenters. The molecule has 4 nitrogen and oxygen atoms in total. The first-order chi connectivity index (χ1) is 11.6. The summed E-state index contributed by atoms with van der Waals surface area (Å²) in [6.07, 6.45) is 1.69. The molecular weight excluding hydrogens is 300 g/mol. The van der Waals surface area contributed by atoms with Crippen molar-refractivity contribution in [3.05, 3.63) is 60.9 Å². The zero-order valence-electron chi connectivity index (χ0n) is 13.6. The molecule has 0 fully saturated rings. The van der Waals surface area contributed by atoms with Crippen LogP contribution in [0.2, 0.25) is 0 Å². The SMILES string of the molecule is CC(C)n1nc(-c2ccc(O)cc2)c2cccc(-c3ccco3)c21. The lowest BCUT2D eigenvalue weighted by molar-refractivity contribution is 0.475. The third-order valence-corrected chi connectivity index (χ3v) is 4.14. The number of hydrogen-bond donors (Lipinski definition) is 1. The molecule has 0 radical (unpaired) electrons. The van der Waals surface area contributed by atoms with Gasteiger partial charge in [0.25, 0.3) is 0 Å². The van der Waals surface area contributed by atoms with Crippen LogP contribution in [-0.2, 0) is 0 Å². The number of para-hydroxylation sites is 1. The van der Waals surface area contributed by atoms with Gasteiger partial charge >= 0.3 is 0 Å². The minimum Gasteiger partial charge on any atom is -0.508 e. The number of hydrogen-bond acceptors (Lipinski definition) is 3. The van der Waals surface area contributed by atoms with E-state index < -0.39 is 0 Å². The van der Waals surface area contributed by atoms with Gasteiger partial charge in [-0.15, -0.1) is 0 Å². The summed E-state index contributed by atoms with van der Waals surface area (Å²) in [6.45, 7) is 4.23. The van der Waals surface area contributed by atoms with Crippen LogP contribution in [-0.4, -0.2) is 14.9 Å². The molecule has 0 aliphatic heterocycles. The zero-order valence-corrected chi connectivity index (χ0v) is 13.6. The highest BCUT2D eigenvalue weighted by atomic mass is 16.3. The summed E-state index contributed by atoms with van der Waals surface area (Å²) in [5, 5.41) is 15.5. The van der Waals surface area contributed by atoms with Gasteiger partial charge in [0.15, 0.2) is 0 Å². The topological polar surface area (TPSA) is 51.2 Å². The highest BCUT2D eigenvalue weighted by Crippen LogP contribution is 2.36. The Balaban J connectivity index is 2.03. The number of benzene rings is 2. The van der Waals surface area contributed by atoms with Crippen molar-refractivity contribution in [3.63, 3.8) is 0 Å². The molecule has 2 heterocycles. The highest BCUT2D eigenvalue weighted by Gasteiger charge is 2.18. The summed E-state index contributed by atoms with van der Waals surface area (Å²) in [4.78, 5) is 0. The molecule has 0 aliphatic carbocycles. The molecule has 4 heteroatoms. The minimum absolute atomic E-state index is 0.217. The quantitative estimate of drug-likeness (QED) is 0.561. The van der Waals surface area contributed by atoms with E-state index in [0.29, 0.717) is 0 Å². The van der Waals surface area contributed by atoms with Crippen molar-refractivity contribution >= 4 is 10.9 Å². The molecule has 2 aromatic carbocycles. The molecular formula is C20H18N2O2. The first kappa shape index (κ1) is 14.6. The second-order valence-electron chi connectivity index (χ2n) is 6.11. The van der Waals surface area contributed by atoms with Crippen LogP contribution >= 0.6 is 0 Å². The Bertz CT molecular complexity index is 981. The van der Waals surface area contributed by atoms with E-state index in [1.807, 2.05) is 35.0 Å². The number of furan rings is 1. The molecule has 0 spiro atoms. The molecule has 4 rings (SSSR count). The van der Waals surface area contributed by atoms with E-state index in [1.54, 1.807) is 18.4 Å². The van der Waals surface area contributed by atoms with Gasteiger partial charge in [-0.2, -0.15) is 5.10 Å². The number of rotatable bonds is 3. The molecule has 0 saturated carbocycles. The van der Waals surface area contributed by atoms with Crippen LogP contribution in [0.4, 0.5) is 0 Å². The molecule has 120 valence electrons. The van der Waals surface area contributed by atoms with Gasteiger partial charge in [-0.1, -0.05) is 12.1 Å². The van der Waals surface area contributed by atoms with Crippen molar-refractivity contribution in [3.8, 4) is 28.3 Å². The fourth-order valence-electron chi connectivity index (χ4n) is 3.03. The van der Waals surface area contributed by atoms with Gasteiger partial charge in [-0.05, 0) is 56.3 Å².